The smallest absolute Gasteiger partial charge is 0.337 e. The highest BCUT2D eigenvalue weighted by Crippen LogP contribution is 2.32. The maximum absolute atomic E-state index is 10.8. The van der Waals surface area contributed by atoms with E-state index in [2.05, 4.69) is 10.3 Å². The van der Waals surface area contributed by atoms with E-state index in [1.165, 1.54) is 12.3 Å². The summed E-state index contributed by atoms with van der Waals surface area (Å²) >= 11 is 0. The van der Waals surface area contributed by atoms with Crippen molar-refractivity contribution in [2.75, 3.05) is 17.8 Å². The third kappa shape index (κ3) is 2.66. The molecule has 0 fully saturated rings. The molecule has 1 aliphatic rings. The number of hydrogen-bond acceptors (Lipinski definition) is 6. The molecule has 2 aromatic rings. The van der Waals surface area contributed by atoms with E-state index in [1.54, 1.807) is 0 Å². The number of nitrogens with two attached hydrogens (primary N) is 1. The Balaban J connectivity index is 1.71. The quantitative estimate of drug-likeness (QED) is 0.785. The van der Waals surface area contributed by atoms with Crippen molar-refractivity contribution in [3.8, 4) is 11.5 Å². The average molecular weight is 287 g/mol. The number of anilines is 2. The van der Waals surface area contributed by atoms with E-state index < -0.39 is 5.97 Å². The molecule has 108 valence electrons. The molecule has 0 atom stereocenters. The molecule has 4 N–H and O–H groups in total. The van der Waals surface area contributed by atoms with Gasteiger partial charge in [-0.05, 0) is 23.8 Å². The fourth-order valence-electron chi connectivity index (χ4n) is 1.98. The van der Waals surface area contributed by atoms with Crippen LogP contribution in [0, 0.1) is 0 Å². The number of nitrogens with one attached hydrogen (secondary N) is 1. The molecule has 7 heteroatoms. The summed E-state index contributed by atoms with van der Waals surface area (Å²) in [4.78, 5) is 14.8. The number of ether oxygens (including phenoxy) is 2. The number of carboxylic acids is 1. The van der Waals surface area contributed by atoms with E-state index in [1.807, 2.05) is 18.2 Å². The van der Waals surface area contributed by atoms with Crippen molar-refractivity contribution in [2.45, 2.75) is 6.54 Å². The number of nitrogens with zero attached hydrogens (tertiary/aromatic N) is 1. The van der Waals surface area contributed by atoms with Gasteiger partial charge in [-0.3, -0.25) is 0 Å². The minimum Gasteiger partial charge on any atom is -0.478 e. The number of fused-ring (bicyclic) bond motifs is 1. The fourth-order valence-corrected chi connectivity index (χ4v) is 1.98. The van der Waals surface area contributed by atoms with E-state index in [0.717, 1.165) is 11.3 Å². The van der Waals surface area contributed by atoms with Gasteiger partial charge < -0.3 is 25.6 Å². The summed E-state index contributed by atoms with van der Waals surface area (Å²) in [6, 6.07) is 6.99. The summed E-state index contributed by atoms with van der Waals surface area (Å²) in [5.74, 6) is 0.813. The van der Waals surface area contributed by atoms with Gasteiger partial charge in [0.25, 0.3) is 0 Å². The molecule has 3 rings (SSSR count). The predicted molar refractivity (Wildman–Crippen MR) is 75.5 cm³/mol. The fraction of sp³-hybridized carbons (Fsp3) is 0.143. The molecule has 0 saturated heterocycles. The van der Waals surface area contributed by atoms with E-state index >= 15 is 0 Å². The van der Waals surface area contributed by atoms with Crippen LogP contribution in [0.15, 0.2) is 30.5 Å². The summed E-state index contributed by atoms with van der Waals surface area (Å²) in [5.41, 5.74) is 7.10. The van der Waals surface area contributed by atoms with Crippen molar-refractivity contribution in [3.05, 3.63) is 41.6 Å². The summed E-state index contributed by atoms with van der Waals surface area (Å²) < 4.78 is 10.5. The first-order valence-corrected chi connectivity index (χ1v) is 6.24. The van der Waals surface area contributed by atoms with Crippen molar-refractivity contribution < 1.29 is 19.4 Å². The molecule has 0 saturated carbocycles. The zero-order valence-corrected chi connectivity index (χ0v) is 11.0. The van der Waals surface area contributed by atoms with Gasteiger partial charge in [0.2, 0.25) is 6.79 Å². The minimum atomic E-state index is -1.06. The van der Waals surface area contributed by atoms with Crippen molar-refractivity contribution in [3.63, 3.8) is 0 Å². The maximum atomic E-state index is 10.8. The van der Waals surface area contributed by atoms with E-state index in [-0.39, 0.29) is 18.0 Å². The Hall–Kier alpha value is -2.96. The lowest BCUT2D eigenvalue weighted by Gasteiger charge is -2.09. The number of rotatable bonds is 4. The molecule has 0 radical (unpaired) electrons. The van der Waals surface area contributed by atoms with Crippen LogP contribution in [0.1, 0.15) is 15.9 Å². The Bertz CT molecular complexity index is 703. The minimum absolute atomic E-state index is 0.0566. The number of pyridine rings is 1. The van der Waals surface area contributed by atoms with Crippen molar-refractivity contribution >= 4 is 17.5 Å². The molecule has 0 amide bonds. The lowest BCUT2D eigenvalue weighted by Crippen LogP contribution is -2.07. The summed E-state index contributed by atoms with van der Waals surface area (Å²) in [7, 11) is 0. The van der Waals surface area contributed by atoms with E-state index in [0.29, 0.717) is 18.1 Å². The molecule has 1 aromatic carbocycles. The van der Waals surface area contributed by atoms with Crippen LogP contribution in [0.5, 0.6) is 11.5 Å². The number of carboxylic acid groups (broad SMARTS) is 1. The van der Waals surface area contributed by atoms with Gasteiger partial charge in [0.05, 0.1) is 11.3 Å². The Kier molecular flexibility index (Phi) is 3.23. The second-order valence-electron chi connectivity index (χ2n) is 4.51. The number of hydrogen-bond donors (Lipinski definition) is 3. The molecule has 0 spiro atoms. The third-order valence-corrected chi connectivity index (χ3v) is 3.06. The van der Waals surface area contributed by atoms with Crippen LogP contribution >= 0.6 is 0 Å². The van der Waals surface area contributed by atoms with Gasteiger partial charge in [-0.1, -0.05) is 6.07 Å². The second-order valence-corrected chi connectivity index (χ2v) is 4.51. The Morgan fingerprint density at radius 1 is 1.33 bits per heavy atom. The Morgan fingerprint density at radius 3 is 2.90 bits per heavy atom. The second kappa shape index (κ2) is 5.20. The highest BCUT2D eigenvalue weighted by atomic mass is 16.7. The van der Waals surface area contributed by atoms with Crippen LogP contribution in [-0.4, -0.2) is 22.9 Å². The van der Waals surface area contributed by atoms with Gasteiger partial charge in [-0.2, -0.15) is 0 Å². The monoisotopic (exact) mass is 287 g/mol. The van der Waals surface area contributed by atoms with E-state index in [9.17, 15) is 4.79 Å². The largest absolute Gasteiger partial charge is 0.478 e. The third-order valence-electron chi connectivity index (χ3n) is 3.06. The summed E-state index contributed by atoms with van der Waals surface area (Å²) in [6.45, 7) is 0.720. The number of nitrogen functional groups attached to an aromatic ring is 1. The van der Waals surface area contributed by atoms with Crippen LogP contribution < -0.4 is 20.5 Å². The zero-order chi connectivity index (χ0) is 14.8. The highest BCUT2D eigenvalue weighted by molar-refractivity contribution is 5.89. The van der Waals surface area contributed by atoms with Gasteiger partial charge in [0, 0.05) is 12.7 Å². The molecule has 0 bridgehead atoms. The molecule has 1 aliphatic heterocycles. The molecule has 0 aliphatic carbocycles. The Morgan fingerprint density at radius 2 is 2.14 bits per heavy atom. The lowest BCUT2D eigenvalue weighted by atomic mass is 10.2. The van der Waals surface area contributed by atoms with Crippen molar-refractivity contribution in [1.82, 2.24) is 4.98 Å². The van der Waals surface area contributed by atoms with Gasteiger partial charge in [0.1, 0.15) is 5.82 Å². The molecular weight excluding hydrogens is 274 g/mol. The normalized spacial score (nSPS) is 12.2. The Labute approximate surface area is 120 Å². The van der Waals surface area contributed by atoms with Crippen molar-refractivity contribution in [2.24, 2.45) is 0 Å². The molecule has 2 heterocycles. The molecule has 0 unspecified atom stereocenters. The molecule has 7 nitrogen and oxygen atoms in total. The number of benzene rings is 1. The first kappa shape index (κ1) is 13.0. The standard InChI is InChI=1S/C14H13N3O4/c15-10-4-9(14(18)19)6-17-13(10)16-5-8-1-2-11-12(3-8)21-7-20-11/h1-4,6H,5,7,15H2,(H,16,17)(H,18,19). The highest BCUT2D eigenvalue weighted by Gasteiger charge is 2.13. The number of aromatic carboxylic acids is 1. The summed E-state index contributed by atoms with van der Waals surface area (Å²) in [6.07, 6.45) is 1.26. The summed E-state index contributed by atoms with van der Waals surface area (Å²) in [5, 5.41) is 11.9. The van der Waals surface area contributed by atoms with Gasteiger partial charge >= 0.3 is 5.97 Å². The average Bonchev–Trinajstić information content (AvgIpc) is 2.93. The predicted octanol–water partition coefficient (Wildman–Crippen LogP) is 1.70. The van der Waals surface area contributed by atoms with Crippen LogP contribution in [0.25, 0.3) is 0 Å². The van der Waals surface area contributed by atoms with Crippen LogP contribution in [0.2, 0.25) is 0 Å². The van der Waals surface area contributed by atoms with Gasteiger partial charge in [-0.15, -0.1) is 0 Å². The first-order chi connectivity index (χ1) is 10.1. The molecular formula is C14H13N3O4. The lowest BCUT2D eigenvalue weighted by molar-refractivity contribution is 0.0696. The molecule has 21 heavy (non-hydrogen) atoms. The van der Waals surface area contributed by atoms with Crippen molar-refractivity contribution in [1.29, 1.82) is 0 Å². The number of aromatic nitrogens is 1. The molecule has 1 aromatic heterocycles. The van der Waals surface area contributed by atoms with Crippen LogP contribution in [-0.2, 0) is 6.54 Å². The van der Waals surface area contributed by atoms with Crippen LogP contribution in [0.3, 0.4) is 0 Å². The van der Waals surface area contributed by atoms with Crippen LogP contribution in [0.4, 0.5) is 11.5 Å². The SMILES string of the molecule is Nc1cc(C(=O)O)cnc1NCc1ccc2c(c1)OCO2. The maximum Gasteiger partial charge on any atom is 0.337 e. The topological polar surface area (TPSA) is 107 Å². The first-order valence-electron chi connectivity index (χ1n) is 6.24. The number of carbonyl (C=O) groups is 1. The van der Waals surface area contributed by atoms with E-state index in [4.69, 9.17) is 20.3 Å². The zero-order valence-electron chi connectivity index (χ0n) is 11.0. The van der Waals surface area contributed by atoms with Gasteiger partial charge in [-0.25, -0.2) is 9.78 Å². The van der Waals surface area contributed by atoms with Gasteiger partial charge in [0.15, 0.2) is 11.5 Å².